The Bertz CT molecular complexity index is 603. The maximum atomic E-state index is 12.2. The summed E-state index contributed by atoms with van der Waals surface area (Å²) in [5, 5.41) is 0. The molecule has 0 aliphatic carbocycles. The lowest BCUT2D eigenvalue weighted by Gasteiger charge is -2.28. The van der Waals surface area contributed by atoms with Crippen molar-refractivity contribution < 1.29 is 4.79 Å². The van der Waals surface area contributed by atoms with Crippen molar-refractivity contribution in [3.8, 4) is 0 Å². The molecule has 0 aliphatic heterocycles. The molecule has 0 bridgehead atoms. The Morgan fingerprint density at radius 1 is 0.905 bits per heavy atom. The van der Waals surface area contributed by atoms with Gasteiger partial charge in [0.2, 0.25) is 0 Å². The van der Waals surface area contributed by atoms with Crippen molar-refractivity contribution in [2.75, 3.05) is 0 Å². The molecule has 0 radical (unpaired) electrons. The van der Waals surface area contributed by atoms with Crippen LogP contribution in [0, 0.1) is 5.41 Å². The summed E-state index contributed by atoms with van der Waals surface area (Å²) in [6, 6.07) is 19.7. The summed E-state index contributed by atoms with van der Waals surface area (Å²) < 4.78 is 0. The molecule has 0 N–H and O–H groups in total. The van der Waals surface area contributed by atoms with Crippen molar-refractivity contribution in [1.82, 2.24) is 0 Å². The minimum absolute atomic E-state index is 0.0563. The number of carbonyl (C=O) groups excluding carboxylic acids is 1. The highest BCUT2D eigenvalue weighted by Crippen LogP contribution is 2.36. The molecule has 0 aromatic heterocycles. The van der Waals surface area contributed by atoms with Gasteiger partial charge in [-0.25, -0.2) is 0 Å². The van der Waals surface area contributed by atoms with Gasteiger partial charge in [0, 0.05) is 11.5 Å². The first-order valence-electron chi connectivity index (χ1n) is 7.31. The van der Waals surface area contributed by atoms with Crippen LogP contribution < -0.4 is 0 Å². The number of carbonyl (C=O) groups is 1. The van der Waals surface area contributed by atoms with Crippen LogP contribution >= 0.6 is 0 Å². The van der Waals surface area contributed by atoms with Crippen LogP contribution in [0.1, 0.15) is 42.6 Å². The summed E-state index contributed by atoms with van der Waals surface area (Å²) in [4.78, 5) is 12.2. The average Bonchev–Trinajstić information content (AvgIpc) is 2.48. The number of ketones is 1. The maximum absolute atomic E-state index is 12.2. The molecule has 2 aromatic rings. The monoisotopic (exact) mass is 278 g/mol. The van der Waals surface area contributed by atoms with Crippen molar-refractivity contribution in [3.05, 3.63) is 83.9 Å². The quantitative estimate of drug-likeness (QED) is 0.551. The second-order valence-corrected chi connectivity index (χ2v) is 6.34. The van der Waals surface area contributed by atoms with Crippen molar-refractivity contribution in [2.24, 2.45) is 5.41 Å². The Labute approximate surface area is 127 Å². The normalized spacial score (nSPS) is 13.3. The summed E-state index contributed by atoms with van der Waals surface area (Å²) >= 11 is 0. The molecule has 2 rings (SSSR count). The first-order valence-corrected chi connectivity index (χ1v) is 7.31. The third-order valence-electron chi connectivity index (χ3n) is 3.59. The molecular formula is C20H22O. The molecule has 1 atom stereocenters. The van der Waals surface area contributed by atoms with Gasteiger partial charge in [-0.05, 0) is 17.1 Å². The SMILES string of the molecule is CC(C)(C)[C@H](/C=C/C(=O)c1ccccc1)c1ccccc1. The number of allylic oxidation sites excluding steroid dienone is 2. The Hall–Kier alpha value is -2.15. The van der Waals surface area contributed by atoms with E-state index in [0.717, 1.165) is 5.56 Å². The van der Waals surface area contributed by atoms with Crippen molar-refractivity contribution in [3.63, 3.8) is 0 Å². The summed E-state index contributed by atoms with van der Waals surface area (Å²) in [6.07, 6.45) is 3.74. The molecule has 0 unspecified atom stereocenters. The molecule has 1 nitrogen and oxygen atoms in total. The largest absolute Gasteiger partial charge is 0.289 e. The number of rotatable bonds is 4. The minimum atomic E-state index is 0.0563. The number of benzene rings is 2. The van der Waals surface area contributed by atoms with E-state index in [2.05, 4.69) is 32.9 Å². The van der Waals surface area contributed by atoms with Crippen molar-refractivity contribution in [2.45, 2.75) is 26.7 Å². The Balaban J connectivity index is 2.24. The summed E-state index contributed by atoms with van der Waals surface area (Å²) in [7, 11) is 0. The zero-order chi connectivity index (χ0) is 15.3. The predicted molar refractivity (Wildman–Crippen MR) is 88.6 cm³/mol. The summed E-state index contributed by atoms with van der Waals surface area (Å²) in [5.74, 6) is 0.271. The predicted octanol–water partition coefficient (Wildman–Crippen LogP) is 5.26. The molecule has 0 saturated carbocycles. The van der Waals surface area contributed by atoms with Crippen LogP contribution in [0.2, 0.25) is 0 Å². The van der Waals surface area contributed by atoms with Crippen molar-refractivity contribution in [1.29, 1.82) is 0 Å². The van der Waals surface area contributed by atoms with Crippen LogP contribution in [0.3, 0.4) is 0 Å². The highest BCUT2D eigenvalue weighted by Gasteiger charge is 2.23. The van der Waals surface area contributed by atoms with E-state index < -0.39 is 0 Å². The first-order chi connectivity index (χ1) is 9.98. The molecule has 0 aliphatic rings. The third-order valence-corrected chi connectivity index (χ3v) is 3.59. The molecule has 108 valence electrons. The molecule has 0 saturated heterocycles. The van der Waals surface area contributed by atoms with Crippen molar-refractivity contribution >= 4 is 5.78 Å². The average molecular weight is 278 g/mol. The first kappa shape index (κ1) is 15.2. The maximum Gasteiger partial charge on any atom is 0.185 e. The van der Waals surface area contributed by atoms with E-state index in [9.17, 15) is 4.79 Å². The van der Waals surface area contributed by atoms with Gasteiger partial charge in [0.15, 0.2) is 5.78 Å². The van der Waals surface area contributed by atoms with Crippen LogP contribution in [0.5, 0.6) is 0 Å². The standard InChI is InChI=1S/C20H22O/c1-20(2,3)18(16-10-6-4-7-11-16)14-15-19(21)17-12-8-5-9-13-17/h4-15,18H,1-3H3/b15-14+/t18-/m1/s1. The molecule has 0 heterocycles. The topological polar surface area (TPSA) is 17.1 Å². The Morgan fingerprint density at radius 3 is 1.95 bits per heavy atom. The summed E-state index contributed by atoms with van der Waals surface area (Å²) in [5.41, 5.74) is 2.03. The Kier molecular flexibility index (Phi) is 4.74. The number of hydrogen-bond donors (Lipinski definition) is 0. The molecule has 2 aromatic carbocycles. The highest BCUT2D eigenvalue weighted by atomic mass is 16.1. The fourth-order valence-corrected chi connectivity index (χ4v) is 2.44. The lowest BCUT2D eigenvalue weighted by atomic mass is 9.76. The zero-order valence-corrected chi connectivity index (χ0v) is 12.9. The zero-order valence-electron chi connectivity index (χ0n) is 12.9. The molecule has 0 spiro atoms. The van der Waals surface area contributed by atoms with E-state index in [1.807, 2.05) is 54.6 Å². The molecule has 21 heavy (non-hydrogen) atoms. The Morgan fingerprint density at radius 2 is 1.43 bits per heavy atom. The smallest absolute Gasteiger partial charge is 0.185 e. The van der Waals surface area contributed by atoms with E-state index in [4.69, 9.17) is 0 Å². The van der Waals surface area contributed by atoms with E-state index in [1.165, 1.54) is 5.56 Å². The van der Waals surface area contributed by atoms with Crippen LogP contribution in [0.4, 0.5) is 0 Å². The fraction of sp³-hybridized carbons (Fsp3) is 0.250. The highest BCUT2D eigenvalue weighted by molar-refractivity contribution is 6.04. The van der Waals surface area contributed by atoms with Gasteiger partial charge < -0.3 is 0 Å². The fourth-order valence-electron chi connectivity index (χ4n) is 2.44. The van der Waals surface area contributed by atoms with E-state index in [0.29, 0.717) is 0 Å². The second-order valence-electron chi connectivity index (χ2n) is 6.34. The minimum Gasteiger partial charge on any atom is -0.289 e. The van der Waals surface area contributed by atoms with Gasteiger partial charge in [-0.15, -0.1) is 0 Å². The number of hydrogen-bond acceptors (Lipinski definition) is 1. The van der Waals surface area contributed by atoms with Crippen LogP contribution in [-0.4, -0.2) is 5.78 Å². The lowest BCUT2D eigenvalue weighted by molar-refractivity contribution is 0.104. The van der Waals surface area contributed by atoms with E-state index in [1.54, 1.807) is 6.08 Å². The molecule has 1 heteroatoms. The van der Waals surface area contributed by atoms with E-state index in [-0.39, 0.29) is 17.1 Å². The molecule has 0 fully saturated rings. The van der Waals surface area contributed by atoms with E-state index >= 15 is 0 Å². The molecular weight excluding hydrogens is 256 g/mol. The van der Waals surface area contributed by atoms with Crippen LogP contribution in [-0.2, 0) is 0 Å². The van der Waals surface area contributed by atoms with Gasteiger partial charge in [-0.2, -0.15) is 0 Å². The van der Waals surface area contributed by atoms with Gasteiger partial charge in [0.1, 0.15) is 0 Å². The van der Waals surface area contributed by atoms with Gasteiger partial charge in [-0.3, -0.25) is 4.79 Å². The lowest BCUT2D eigenvalue weighted by Crippen LogP contribution is -2.16. The van der Waals surface area contributed by atoms with Gasteiger partial charge in [0.05, 0.1) is 0 Å². The third kappa shape index (κ3) is 4.16. The van der Waals surface area contributed by atoms with Crippen LogP contribution in [0.25, 0.3) is 0 Å². The van der Waals surface area contributed by atoms with Gasteiger partial charge in [-0.1, -0.05) is 87.5 Å². The molecule has 0 amide bonds. The van der Waals surface area contributed by atoms with Crippen LogP contribution in [0.15, 0.2) is 72.8 Å². The van der Waals surface area contributed by atoms with Gasteiger partial charge >= 0.3 is 0 Å². The second kappa shape index (κ2) is 6.53. The summed E-state index contributed by atoms with van der Waals surface area (Å²) in [6.45, 7) is 6.59. The van der Waals surface area contributed by atoms with Gasteiger partial charge in [0.25, 0.3) is 0 Å².